The molecule has 33 heavy (non-hydrogen) atoms. The number of nitrogens with zero attached hydrogens (tertiary/aromatic N) is 5. The number of nitrogens with one attached hydrogen (secondary N) is 1. The number of carbonyl (C=O) groups excluding carboxylic acids is 2. The number of hydrogen-bond acceptors (Lipinski definition) is 7. The highest BCUT2D eigenvalue weighted by Crippen LogP contribution is 2.21. The minimum atomic E-state index is -0.627. The van der Waals surface area contributed by atoms with Crippen LogP contribution in [0.25, 0.3) is 0 Å². The van der Waals surface area contributed by atoms with Crippen molar-refractivity contribution in [2.24, 2.45) is 5.10 Å². The van der Waals surface area contributed by atoms with Crippen LogP contribution >= 0.6 is 23.4 Å². The normalized spacial score (nSPS) is 14.8. The average Bonchev–Trinajstić information content (AvgIpc) is 3.28. The third kappa shape index (κ3) is 5.44. The predicted octanol–water partition coefficient (Wildman–Crippen LogP) is 1.17. The molecule has 0 saturated carbocycles. The summed E-state index contributed by atoms with van der Waals surface area (Å²) in [5, 5.41) is 9.21. The molecule has 170 valence electrons. The van der Waals surface area contributed by atoms with Crippen molar-refractivity contribution >= 4 is 40.3 Å². The molecule has 4 rings (SSSR count). The van der Waals surface area contributed by atoms with Crippen molar-refractivity contribution in [3.8, 4) is 0 Å². The van der Waals surface area contributed by atoms with Gasteiger partial charge >= 0.3 is 5.69 Å². The molecule has 2 heterocycles. The van der Waals surface area contributed by atoms with E-state index in [1.807, 2.05) is 30.3 Å². The van der Waals surface area contributed by atoms with Gasteiger partial charge in [0.15, 0.2) is 11.0 Å². The zero-order chi connectivity index (χ0) is 23.4. The van der Waals surface area contributed by atoms with Gasteiger partial charge in [-0.3, -0.25) is 14.5 Å². The van der Waals surface area contributed by atoms with Crippen LogP contribution < -0.4 is 17.0 Å². The molecule has 0 unspecified atom stereocenters. The summed E-state index contributed by atoms with van der Waals surface area (Å²) in [4.78, 5) is 38.5. The minimum absolute atomic E-state index is 0.0956. The number of amidine groups is 1. The minimum Gasteiger partial charge on any atom is -0.333 e. The highest BCUT2D eigenvalue weighted by atomic mass is 35.5. The number of amides is 2. The highest BCUT2D eigenvalue weighted by Gasteiger charge is 2.28. The molecule has 1 aromatic heterocycles. The third-order valence-corrected chi connectivity index (χ3v) is 6.04. The van der Waals surface area contributed by atoms with Gasteiger partial charge in [-0.1, -0.05) is 65.8 Å². The fraction of sp³-hybridized carbons (Fsp3) is 0.190. The van der Waals surface area contributed by atoms with Crippen LogP contribution in [0, 0.1) is 0 Å². The first kappa shape index (κ1) is 22.6. The number of hydrazone groups is 1. The van der Waals surface area contributed by atoms with Crippen LogP contribution in [0.4, 0.5) is 0 Å². The van der Waals surface area contributed by atoms with Crippen molar-refractivity contribution in [3.05, 3.63) is 87.1 Å². The summed E-state index contributed by atoms with van der Waals surface area (Å²) >= 11 is 7.12. The summed E-state index contributed by atoms with van der Waals surface area (Å²) in [5.41, 5.74) is 3.57. The molecular weight excluding hydrogens is 466 g/mol. The number of halogens is 1. The van der Waals surface area contributed by atoms with E-state index in [0.717, 1.165) is 20.5 Å². The van der Waals surface area contributed by atoms with Crippen LogP contribution in [-0.2, 0) is 29.1 Å². The van der Waals surface area contributed by atoms with E-state index >= 15 is 0 Å². The molecule has 0 radical (unpaired) electrons. The average molecular weight is 486 g/mol. The predicted molar refractivity (Wildman–Crippen MR) is 126 cm³/mol. The van der Waals surface area contributed by atoms with E-state index in [9.17, 15) is 14.4 Å². The third-order valence-electron chi connectivity index (χ3n) is 4.83. The number of rotatable bonds is 7. The summed E-state index contributed by atoms with van der Waals surface area (Å²) in [6.45, 7) is -0.0167. The van der Waals surface area contributed by atoms with Gasteiger partial charge in [0, 0.05) is 11.4 Å². The Morgan fingerprint density at radius 2 is 1.85 bits per heavy atom. The lowest BCUT2D eigenvalue weighted by Gasteiger charge is -2.15. The van der Waals surface area contributed by atoms with Crippen molar-refractivity contribution in [2.45, 2.75) is 19.5 Å². The SMILES string of the molecule is Nn1c(Cc2ccc(Cl)cc2)nn(CC(=O)N/N=C2\SCC(=O)N2Cc2ccccc2)c1=O. The molecule has 2 amide bonds. The highest BCUT2D eigenvalue weighted by molar-refractivity contribution is 8.15. The van der Waals surface area contributed by atoms with Crippen molar-refractivity contribution in [3.63, 3.8) is 0 Å². The molecule has 3 aromatic rings. The van der Waals surface area contributed by atoms with Crippen LogP contribution in [0.3, 0.4) is 0 Å². The summed E-state index contributed by atoms with van der Waals surface area (Å²) in [6, 6.07) is 16.5. The maximum atomic E-state index is 12.4. The molecular formula is C21H20ClN7O3S. The second-order valence-corrected chi connectivity index (χ2v) is 8.59. The molecule has 3 N–H and O–H groups in total. The molecule has 12 heteroatoms. The van der Waals surface area contributed by atoms with Crippen molar-refractivity contribution < 1.29 is 9.59 Å². The number of benzene rings is 2. The smallest absolute Gasteiger partial charge is 0.333 e. The largest absolute Gasteiger partial charge is 0.365 e. The number of nitrogen functional groups attached to an aromatic ring is 1. The van der Waals surface area contributed by atoms with Gasteiger partial charge in [0.05, 0.1) is 12.3 Å². The van der Waals surface area contributed by atoms with Crippen molar-refractivity contribution in [2.75, 3.05) is 11.6 Å². The monoisotopic (exact) mass is 485 g/mol. The van der Waals surface area contributed by atoms with Gasteiger partial charge < -0.3 is 5.84 Å². The molecule has 1 aliphatic rings. The maximum Gasteiger partial charge on any atom is 0.365 e. The van der Waals surface area contributed by atoms with Crippen LogP contribution in [0.1, 0.15) is 17.0 Å². The van der Waals surface area contributed by atoms with E-state index in [0.29, 0.717) is 29.0 Å². The summed E-state index contributed by atoms with van der Waals surface area (Å²) in [7, 11) is 0. The number of carbonyl (C=O) groups is 2. The standard InChI is InChI=1S/C21H20ClN7O3S/c22-16-8-6-14(7-9-16)10-17-26-28(21(32)29(17)23)12-18(30)24-25-20-27(19(31)13-33-20)11-15-4-2-1-3-5-15/h1-9H,10-13,23H2,(H,24,30)/b25-20-. The zero-order valence-corrected chi connectivity index (χ0v) is 18.9. The molecule has 1 fully saturated rings. The molecule has 2 aromatic carbocycles. The Labute approximate surface area is 198 Å². The summed E-state index contributed by atoms with van der Waals surface area (Å²) in [6.07, 6.45) is 0.299. The Balaban J connectivity index is 1.41. The van der Waals surface area contributed by atoms with E-state index in [1.54, 1.807) is 24.3 Å². The summed E-state index contributed by atoms with van der Waals surface area (Å²) in [5.74, 6) is 5.70. The van der Waals surface area contributed by atoms with Crippen molar-refractivity contribution in [1.82, 2.24) is 24.8 Å². The Morgan fingerprint density at radius 1 is 1.12 bits per heavy atom. The Kier molecular flexibility index (Phi) is 6.80. The quantitative estimate of drug-likeness (QED) is 0.382. The second kappa shape index (κ2) is 9.92. The van der Waals surface area contributed by atoms with Gasteiger partial charge in [-0.25, -0.2) is 14.9 Å². The Hall–Kier alpha value is -3.57. The molecule has 1 aliphatic heterocycles. The second-order valence-electron chi connectivity index (χ2n) is 7.21. The van der Waals surface area contributed by atoms with Gasteiger partial charge in [0.1, 0.15) is 6.54 Å². The van der Waals surface area contributed by atoms with Gasteiger partial charge in [-0.05, 0) is 23.3 Å². The lowest BCUT2D eigenvalue weighted by atomic mass is 10.1. The van der Waals surface area contributed by atoms with Crippen LogP contribution in [0.5, 0.6) is 0 Å². The van der Waals surface area contributed by atoms with Gasteiger partial charge in [0.2, 0.25) is 5.91 Å². The topological polar surface area (TPSA) is 128 Å². The number of nitrogens with two attached hydrogens (primary N) is 1. The Morgan fingerprint density at radius 3 is 2.58 bits per heavy atom. The molecule has 10 nitrogen and oxygen atoms in total. The first-order valence-electron chi connectivity index (χ1n) is 9.92. The molecule has 0 spiro atoms. The van der Waals surface area contributed by atoms with E-state index in [1.165, 1.54) is 16.7 Å². The van der Waals surface area contributed by atoms with E-state index in [4.69, 9.17) is 17.4 Å². The first-order valence-corrected chi connectivity index (χ1v) is 11.3. The molecule has 0 aliphatic carbocycles. The van der Waals surface area contributed by atoms with Crippen LogP contribution in [0.15, 0.2) is 64.5 Å². The van der Waals surface area contributed by atoms with Crippen LogP contribution in [0.2, 0.25) is 5.02 Å². The Bertz CT molecular complexity index is 1260. The lowest BCUT2D eigenvalue weighted by molar-refractivity contribution is -0.125. The molecule has 0 bridgehead atoms. The molecule has 0 atom stereocenters. The van der Waals surface area contributed by atoms with Crippen molar-refractivity contribution in [1.29, 1.82) is 0 Å². The number of aromatic nitrogens is 3. The van der Waals surface area contributed by atoms with Gasteiger partial charge in [0.25, 0.3) is 5.91 Å². The van der Waals surface area contributed by atoms with E-state index in [-0.39, 0.29) is 18.2 Å². The van der Waals surface area contributed by atoms with Gasteiger partial charge in [-0.15, -0.1) is 5.10 Å². The molecule has 1 saturated heterocycles. The van der Waals surface area contributed by atoms with E-state index in [2.05, 4.69) is 15.6 Å². The fourth-order valence-corrected chi connectivity index (χ4v) is 4.12. The zero-order valence-electron chi connectivity index (χ0n) is 17.3. The van der Waals surface area contributed by atoms with Crippen LogP contribution in [-0.4, -0.2) is 42.1 Å². The number of thioether (sulfide) groups is 1. The number of hydrogen-bond donors (Lipinski definition) is 2. The lowest BCUT2D eigenvalue weighted by Crippen LogP contribution is -2.35. The van der Waals surface area contributed by atoms with E-state index < -0.39 is 11.6 Å². The fourth-order valence-electron chi connectivity index (χ4n) is 3.16. The van der Waals surface area contributed by atoms with Gasteiger partial charge in [-0.2, -0.15) is 9.77 Å². The maximum absolute atomic E-state index is 12.4. The first-order chi connectivity index (χ1) is 15.9. The summed E-state index contributed by atoms with van der Waals surface area (Å²) < 4.78 is 1.87.